The number of aliphatic hydroxyl groups excluding tert-OH is 1. The molecule has 0 aliphatic rings. The standard InChI is InChI=1S/C4H12O3Si/c1-6-8(2)7-4-3-5/h5,8H,3-4H2,1-2H3. The molecule has 0 fully saturated rings. The first kappa shape index (κ1) is 8.10. The summed E-state index contributed by atoms with van der Waals surface area (Å²) in [6.45, 7) is 2.40. The lowest BCUT2D eigenvalue weighted by molar-refractivity contribution is 0.170. The zero-order valence-corrected chi connectivity index (χ0v) is 6.41. The van der Waals surface area contributed by atoms with Crippen LogP contribution in [0.25, 0.3) is 0 Å². The number of hydrogen-bond acceptors (Lipinski definition) is 3. The molecule has 4 heteroatoms. The van der Waals surface area contributed by atoms with E-state index in [0.29, 0.717) is 6.61 Å². The van der Waals surface area contributed by atoms with Crippen molar-refractivity contribution < 1.29 is 14.0 Å². The highest BCUT2D eigenvalue weighted by atomic mass is 28.3. The highest BCUT2D eigenvalue weighted by Crippen LogP contribution is 1.82. The van der Waals surface area contributed by atoms with Crippen molar-refractivity contribution in [3.63, 3.8) is 0 Å². The Balaban J connectivity index is 2.86. The van der Waals surface area contributed by atoms with Crippen molar-refractivity contribution in [3.05, 3.63) is 0 Å². The van der Waals surface area contributed by atoms with Gasteiger partial charge in [-0.05, 0) is 6.55 Å². The summed E-state index contributed by atoms with van der Waals surface area (Å²) in [5.41, 5.74) is 0. The number of hydrogen-bond donors (Lipinski definition) is 1. The minimum Gasteiger partial charge on any atom is -0.400 e. The van der Waals surface area contributed by atoms with Gasteiger partial charge in [-0.2, -0.15) is 0 Å². The van der Waals surface area contributed by atoms with Crippen molar-refractivity contribution in [2.45, 2.75) is 6.55 Å². The summed E-state index contributed by atoms with van der Waals surface area (Å²) in [4.78, 5) is 0. The maximum absolute atomic E-state index is 8.25. The van der Waals surface area contributed by atoms with Gasteiger partial charge in [-0.3, -0.25) is 0 Å². The summed E-state index contributed by atoms with van der Waals surface area (Å²) in [5.74, 6) is 0. The molecule has 0 aliphatic carbocycles. The minimum absolute atomic E-state index is 0.0840. The quantitative estimate of drug-likeness (QED) is 0.529. The van der Waals surface area contributed by atoms with E-state index >= 15 is 0 Å². The van der Waals surface area contributed by atoms with Crippen molar-refractivity contribution in [1.29, 1.82) is 0 Å². The van der Waals surface area contributed by atoms with E-state index in [9.17, 15) is 0 Å². The molecule has 8 heavy (non-hydrogen) atoms. The van der Waals surface area contributed by atoms with Crippen molar-refractivity contribution in [2.24, 2.45) is 0 Å². The van der Waals surface area contributed by atoms with Crippen LogP contribution in [0.3, 0.4) is 0 Å². The van der Waals surface area contributed by atoms with E-state index in [4.69, 9.17) is 14.0 Å². The van der Waals surface area contributed by atoms with Crippen molar-refractivity contribution in [1.82, 2.24) is 0 Å². The summed E-state index contributed by atoms with van der Waals surface area (Å²) in [6, 6.07) is 0. The number of rotatable bonds is 4. The van der Waals surface area contributed by atoms with Gasteiger partial charge in [0.2, 0.25) is 0 Å². The highest BCUT2D eigenvalue weighted by molar-refractivity contribution is 6.42. The fourth-order valence-corrected chi connectivity index (χ4v) is 0.860. The van der Waals surface area contributed by atoms with E-state index in [1.54, 1.807) is 7.11 Å². The minimum atomic E-state index is -1.36. The smallest absolute Gasteiger partial charge is 0.318 e. The molecular formula is C4H12O3Si. The second-order valence-corrected chi connectivity index (χ2v) is 3.34. The van der Waals surface area contributed by atoms with E-state index in [0.717, 1.165) is 0 Å². The van der Waals surface area contributed by atoms with Crippen LogP contribution in [-0.4, -0.2) is 34.7 Å². The zero-order chi connectivity index (χ0) is 6.41. The Morgan fingerprint density at radius 3 is 2.62 bits per heavy atom. The SMILES string of the molecule is CO[SiH](C)OCCO. The third-order valence-corrected chi connectivity index (χ3v) is 2.14. The molecule has 0 bridgehead atoms. The fraction of sp³-hybridized carbons (Fsp3) is 1.00. The molecule has 0 saturated carbocycles. The first-order valence-electron chi connectivity index (χ1n) is 2.56. The van der Waals surface area contributed by atoms with E-state index in [-0.39, 0.29) is 6.61 Å². The maximum atomic E-state index is 8.25. The second-order valence-electron chi connectivity index (χ2n) is 1.40. The Hall–Kier alpha value is 0.0969. The summed E-state index contributed by atoms with van der Waals surface area (Å²) >= 11 is 0. The van der Waals surface area contributed by atoms with Gasteiger partial charge in [-0.25, -0.2) is 0 Å². The fourth-order valence-electron chi connectivity index (χ4n) is 0.287. The molecule has 1 atom stereocenters. The van der Waals surface area contributed by atoms with Crippen LogP contribution in [-0.2, 0) is 8.85 Å². The first-order chi connectivity index (χ1) is 3.81. The molecule has 0 radical (unpaired) electrons. The Morgan fingerprint density at radius 1 is 1.62 bits per heavy atom. The van der Waals surface area contributed by atoms with Crippen molar-refractivity contribution in [3.8, 4) is 0 Å². The highest BCUT2D eigenvalue weighted by Gasteiger charge is 1.99. The average molecular weight is 136 g/mol. The van der Waals surface area contributed by atoms with E-state index in [1.807, 2.05) is 6.55 Å². The predicted molar refractivity (Wildman–Crippen MR) is 33.1 cm³/mol. The third-order valence-electron chi connectivity index (χ3n) is 0.776. The van der Waals surface area contributed by atoms with Gasteiger partial charge in [0.05, 0.1) is 13.2 Å². The molecule has 0 aliphatic heterocycles. The lowest BCUT2D eigenvalue weighted by atomic mass is 10.8. The molecule has 0 spiro atoms. The van der Waals surface area contributed by atoms with Crippen molar-refractivity contribution >= 4 is 9.28 Å². The molecule has 0 heterocycles. The third kappa shape index (κ3) is 4.26. The molecule has 0 saturated heterocycles. The summed E-state index contributed by atoms with van der Waals surface area (Å²) < 4.78 is 9.86. The van der Waals surface area contributed by atoms with Crippen LogP contribution in [0.2, 0.25) is 6.55 Å². The van der Waals surface area contributed by atoms with Crippen LogP contribution in [0.1, 0.15) is 0 Å². The van der Waals surface area contributed by atoms with Crippen LogP contribution < -0.4 is 0 Å². The molecule has 0 aromatic heterocycles. The maximum Gasteiger partial charge on any atom is 0.318 e. The molecule has 0 amide bonds. The predicted octanol–water partition coefficient (Wildman–Crippen LogP) is -0.508. The first-order valence-corrected chi connectivity index (χ1v) is 4.66. The molecule has 0 aromatic carbocycles. The molecule has 0 rings (SSSR count). The normalized spacial score (nSPS) is 13.9. The lowest BCUT2D eigenvalue weighted by Crippen LogP contribution is -2.18. The van der Waals surface area contributed by atoms with Crippen LogP contribution in [0.15, 0.2) is 0 Å². The van der Waals surface area contributed by atoms with E-state index in [2.05, 4.69) is 0 Å². The van der Waals surface area contributed by atoms with Gasteiger partial charge in [-0.15, -0.1) is 0 Å². The van der Waals surface area contributed by atoms with Gasteiger partial charge in [0, 0.05) is 7.11 Å². The van der Waals surface area contributed by atoms with Crippen LogP contribution >= 0.6 is 0 Å². The second kappa shape index (κ2) is 5.24. The van der Waals surface area contributed by atoms with E-state index in [1.165, 1.54) is 0 Å². The Labute approximate surface area is 51.1 Å². The average Bonchev–Trinajstić information content (AvgIpc) is 1.83. The van der Waals surface area contributed by atoms with E-state index < -0.39 is 9.28 Å². The summed E-state index contributed by atoms with van der Waals surface area (Å²) in [7, 11) is 0.260. The van der Waals surface area contributed by atoms with Gasteiger partial charge in [0.1, 0.15) is 0 Å². The number of aliphatic hydroxyl groups is 1. The molecule has 1 N–H and O–H groups in total. The van der Waals surface area contributed by atoms with Crippen LogP contribution in [0.5, 0.6) is 0 Å². The molecule has 50 valence electrons. The largest absolute Gasteiger partial charge is 0.400 e. The zero-order valence-electron chi connectivity index (χ0n) is 5.26. The molecular weight excluding hydrogens is 124 g/mol. The molecule has 0 aromatic rings. The van der Waals surface area contributed by atoms with Gasteiger partial charge >= 0.3 is 9.28 Å². The molecule has 1 unspecified atom stereocenters. The Kier molecular flexibility index (Phi) is 5.30. The van der Waals surface area contributed by atoms with Gasteiger partial charge in [0.15, 0.2) is 0 Å². The van der Waals surface area contributed by atoms with Crippen molar-refractivity contribution in [2.75, 3.05) is 20.3 Å². The Bertz CT molecular complexity index is 50.5. The summed E-state index contributed by atoms with van der Waals surface area (Å²) in [5, 5.41) is 8.25. The monoisotopic (exact) mass is 136 g/mol. The lowest BCUT2D eigenvalue weighted by Gasteiger charge is -2.05. The topological polar surface area (TPSA) is 38.7 Å². The van der Waals surface area contributed by atoms with Gasteiger partial charge in [0.25, 0.3) is 0 Å². The van der Waals surface area contributed by atoms with Gasteiger partial charge < -0.3 is 14.0 Å². The van der Waals surface area contributed by atoms with Crippen LogP contribution in [0.4, 0.5) is 0 Å². The van der Waals surface area contributed by atoms with Gasteiger partial charge in [-0.1, -0.05) is 0 Å². The molecule has 3 nitrogen and oxygen atoms in total. The van der Waals surface area contributed by atoms with Crippen LogP contribution in [0, 0.1) is 0 Å². The summed E-state index contributed by atoms with van der Waals surface area (Å²) in [6.07, 6.45) is 0. The Morgan fingerprint density at radius 2 is 2.25 bits per heavy atom.